The first kappa shape index (κ1) is 19.9. The van der Waals surface area contributed by atoms with Gasteiger partial charge in [-0.2, -0.15) is 0 Å². The number of aromatic nitrogens is 1. The number of rotatable bonds is 6. The molecule has 0 aliphatic heterocycles. The van der Waals surface area contributed by atoms with Gasteiger partial charge in [0.2, 0.25) is 5.91 Å². The predicted molar refractivity (Wildman–Crippen MR) is 111 cm³/mol. The van der Waals surface area contributed by atoms with Crippen molar-refractivity contribution in [3.05, 3.63) is 65.0 Å². The second-order valence-electron chi connectivity index (χ2n) is 6.15. The third-order valence-corrected chi connectivity index (χ3v) is 4.41. The number of nitrogens with zero attached hydrogens (tertiary/aromatic N) is 1. The van der Waals surface area contributed by atoms with Crippen LogP contribution in [0.1, 0.15) is 44.9 Å². The maximum absolute atomic E-state index is 12.0. The van der Waals surface area contributed by atoms with E-state index in [1.54, 1.807) is 6.07 Å². The predicted octanol–water partition coefficient (Wildman–Crippen LogP) is 6.43. The zero-order chi connectivity index (χ0) is 19.1. The van der Waals surface area contributed by atoms with Gasteiger partial charge in [-0.25, -0.2) is 0 Å². The molecule has 4 heteroatoms. The van der Waals surface area contributed by atoms with E-state index in [1.165, 1.54) is 11.6 Å². The molecule has 2 rings (SSSR count). The third kappa shape index (κ3) is 5.06. The second-order valence-corrected chi connectivity index (χ2v) is 6.55. The van der Waals surface area contributed by atoms with Gasteiger partial charge in [-0.15, -0.1) is 0 Å². The summed E-state index contributed by atoms with van der Waals surface area (Å²) in [7, 11) is 0. The molecule has 26 heavy (non-hydrogen) atoms. The molecule has 0 aliphatic rings. The lowest BCUT2D eigenvalue weighted by atomic mass is 9.99. The molecule has 1 heterocycles. The monoisotopic (exact) mass is 368 g/mol. The maximum Gasteiger partial charge on any atom is 0.248 e. The molecule has 0 fully saturated rings. The first-order valence-electron chi connectivity index (χ1n) is 8.87. The largest absolute Gasteiger partial charge is 0.321 e. The van der Waals surface area contributed by atoms with Crippen LogP contribution in [0.15, 0.2) is 48.7 Å². The number of anilines is 1. The fraction of sp³-hybridized carbons (Fsp3) is 0.273. The fourth-order valence-corrected chi connectivity index (χ4v) is 2.87. The van der Waals surface area contributed by atoms with Crippen molar-refractivity contribution in [2.75, 3.05) is 5.32 Å². The van der Waals surface area contributed by atoms with Gasteiger partial charge in [0, 0.05) is 17.5 Å². The van der Waals surface area contributed by atoms with Gasteiger partial charge >= 0.3 is 0 Å². The Morgan fingerprint density at radius 2 is 1.96 bits per heavy atom. The van der Waals surface area contributed by atoms with E-state index >= 15 is 0 Å². The highest BCUT2D eigenvalue weighted by Crippen LogP contribution is 2.30. The van der Waals surface area contributed by atoms with E-state index in [2.05, 4.69) is 36.3 Å². The summed E-state index contributed by atoms with van der Waals surface area (Å²) >= 11 is 6.25. The summed E-state index contributed by atoms with van der Waals surface area (Å²) in [5.41, 5.74) is 5.90. The fourth-order valence-electron chi connectivity index (χ4n) is 2.71. The van der Waals surface area contributed by atoms with Crippen molar-refractivity contribution in [1.29, 1.82) is 0 Å². The standard InChI is InChI=1S/C22H25ClN2O/c1-5-7-9-22(26)25-21-13-17(10-11-20(21)23)18-12-19(15(3)8-6-2)16(4)24-14-18/h7-14H,5-6H2,1-4H3,(H,25,26)/b9-7+,15-8-. The lowest BCUT2D eigenvalue weighted by molar-refractivity contribution is -0.111. The molecule has 0 bridgehead atoms. The topological polar surface area (TPSA) is 42.0 Å². The number of hydrogen-bond donors (Lipinski definition) is 1. The van der Waals surface area contributed by atoms with Gasteiger partial charge in [0.05, 0.1) is 10.7 Å². The van der Waals surface area contributed by atoms with Crippen LogP contribution in [0.5, 0.6) is 0 Å². The molecule has 0 saturated carbocycles. The molecule has 1 amide bonds. The van der Waals surface area contributed by atoms with Crippen LogP contribution in [-0.2, 0) is 4.79 Å². The van der Waals surface area contributed by atoms with E-state index in [0.29, 0.717) is 10.7 Å². The van der Waals surface area contributed by atoms with Crippen LogP contribution in [0.3, 0.4) is 0 Å². The van der Waals surface area contributed by atoms with Crippen LogP contribution in [0.25, 0.3) is 16.7 Å². The molecule has 0 atom stereocenters. The number of halogens is 1. The van der Waals surface area contributed by atoms with Crippen molar-refractivity contribution in [2.24, 2.45) is 0 Å². The van der Waals surface area contributed by atoms with Crippen LogP contribution in [0.4, 0.5) is 5.69 Å². The summed E-state index contributed by atoms with van der Waals surface area (Å²) in [6.07, 6.45) is 9.17. The van der Waals surface area contributed by atoms with E-state index in [9.17, 15) is 4.79 Å². The van der Waals surface area contributed by atoms with E-state index in [0.717, 1.165) is 35.2 Å². The van der Waals surface area contributed by atoms with Gasteiger partial charge < -0.3 is 5.32 Å². The highest BCUT2D eigenvalue weighted by Gasteiger charge is 2.09. The number of aryl methyl sites for hydroxylation is 1. The molecule has 0 radical (unpaired) electrons. The number of pyridine rings is 1. The Bertz CT molecular complexity index is 853. The Hall–Kier alpha value is -2.39. The molecule has 0 aliphatic carbocycles. The lowest BCUT2D eigenvalue weighted by Crippen LogP contribution is -2.08. The molecule has 0 spiro atoms. The molecule has 1 aromatic heterocycles. The smallest absolute Gasteiger partial charge is 0.248 e. The van der Waals surface area contributed by atoms with Crippen LogP contribution in [0.2, 0.25) is 5.02 Å². The summed E-state index contributed by atoms with van der Waals surface area (Å²) in [5.74, 6) is -0.185. The quantitative estimate of drug-likeness (QED) is 0.597. The van der Waals surface area contributed by atoms with E-state index in [4.69, 9.17) is 11.6 Å². The molecule has 1 aromatic carbocycles. The van der Waals surface area contributed by atoms with Gasteiger partial charge in [-0.3, -0.25) is 9.78 Å². The van der Waals surface area contributed by atoms with Gasteiger partial charge in [-0.05, 0) is 67.7 Å². The number of carbonyl (C=O) groups excluding carboxylic acids is 1. The number of benzene rings is 1. The number of nitrogens with one attached hydrogen (secondary N) is 1. The van der Waals surface area contributed by atoms with Crippen LogP contribution in [0, 0.1) is 6.92 Å². The van der Waals surface area contributed by atoms with Gasteiger partial charge in [-0.1, -0.05) is 43.7 Å². The van der Waals surface area contributed by atoms with Crippen LogP contribution < -0.4 is 5.32 Å². The highest BCUT2D eigenvalue weighted by atomic mass is 35.5. The Kier molecular flexibility index (Phi) is 7.16. The molecular weight excluding hydrogens is 344 g/mol. The van der Waals surface area contributed by atoms with Crippen LogP contribution >= 0.6 is 11.6 Å². The number of allylic oxidation sites excluding steroid dienone is 3. The zero-order valence-electron chi connectivity index (χ0n) is 15.8. The van der Waals surface area contributed by atoms with Crippen molar-refractivity contribution >= 4 is 28.8 Å². The molecule has 1 N–H and O–H groups in total. The summed E-state index contributed by atoms with van der Waals surface area (Å²) in [6, 6.07) is 7.75. The minimum absolute atomic E-state index is 0.185. The number of carbonyl (C=O) groups is 1. The molecular formula is C22H25ClN2O. The minimum Gasteiger partial charge on any atom is -0.321 e. The minimum atomic E-state index is -0.185. The van der Waals surface area contributed by atoms with Crippen molar-refractivity contribution in [3.8, 4) is 11.1 Å². The summed E-state index contributed by atoms with van der Waals surface area (Å²) in [5, 5.41) is 3.34. The average Bonchev–Trinajstić information content (AvgIpc) is 2.62. The van der Waals surface area contributed by atoms with E-state index in [1.807, 2.05) is 38.3 Å². The summed E-state index contributed by atoms with van der Waals surface area (Å²) < 4.78 is 0. The molecule has 0 saturated heterocycles. The van der Waals surface area contributed by atoms with Gasteiger partial charge in [0.25, 0.3) is 0 Å². The molecule has 136 valence electrons. The zero-order valence-corrected chi connectivity index (χ0v) is 16.5. The Morgan fingerprint density at radius 1 is 1.19 bits per heavy atom. The average molecular weight is 369 g/mol. The highest BCUT2D eigenvalue weighted by molar-refractivity contribution is 6.34. The van der Waals surface area contributed by atoms with E-state index in [-0.39, 0.29) is 5.91 Å². The third-order valence-electron chi connectivity index (χ3n) is 4.08. The van der Waals surface area contributed by atoms with Crippen molar-refractivity contribution < 1.29 is 4.79 Å². The number of hydrogen-bond acceptors (Lipinski definition) is 2. The molecule has 2 aromatic rings. The molecule has 3 nitrogen and oxygen atoms in total. The summed E-state index contributed by atoms with van der Waals surface area (Å²) in [4.78, 5) is 16.5. The van der Waals surface area contributed by atoms with Gasteiger partial charge in [0.15, 0.2) is 0 Å². The van der Waals surface area contributed by atoms with E-state index < -0.39 is 0 Å². The second kappa shape index (κ2) is 9.35. The maximum atomic E-state index is 12.0. The first-order valence-corrected chi connectivity index (χ1v) is 9.25. The summed E-state index contributed by atoms with van der Waals surface area (Å²) in [6.45, 7) is 8.22. The Morgan fingerprint density at radius 3 is 2.65 bits per heavy atom. The lowest BCUT2D eigenvalue weighted by Gasteiger charge is -2.11. The SMILES string of the molecule is CC/C=C(/C)c1cc(-c2ccc(Cl)c(NC(=O)/C=C/CC)c2)cnc1C. The van der Waals surface area contributed by atoms with Crippen molar-refractivity contribution in [3.63, 3.8) is 0 Å². The van der Waals surface area contributed by atoms with Crippen molar-refractivity contribution in [2.45, 2.75) is 40.5 Å². The normalized spacial score (nSPS) is 11.8. The Balaban J connectivity index is 2.39. The Labute approximate surface area is 160 Å². The number of amides is 1. The molecule has 0 unspecified atom stereocenters. The van der Waals surface area contributed by atoms with Crippen LogP contribution in [-0.4, -0.2) is 10.9 Å². The first-order chi connectivity index (χ1) is 12.5. The van der Waals surface area contributed by atoms with Gasteiger partial charge in [0.1, 0.15) is 0 Å². The van der Waals surface area contributed by atoms with Crippen molar-refractivity contribution in [1.82, 2.24) is 4.98 Å².